The van der Waals surface area contributed by atoms with Gasteiger partial charge in [0.1, 0.15) is 12.6 Å². The average Bonchev–Trinajstić information content (AvgIpc) is 3.26. The van der Waals surface area contributed by atoms with E-state index in [1.54, 1.807) is 59.8 Å². The first-order valence-electron chi connectivity index (χ1n) is 10.7. The molecule has 3 amide bonds. The van der Waals surface area contributed by atoms with Gasteiger partial charge in [-0.25, -0.2) is 0 Å². The van der Waals surface area contributed by atoms with E-state index in [9.17, 15) is 14.4 Å². The zero-order chi connectivity index (χ0) is 24.1. The number of anilines is 2. The van der Waals surface area contributed by atoms with E-state index in [1.807, 2.05) is 6.92 Å². The van der Waals surface area contributed by atoms with E-state index >= 15 is 0 Å². The van der Waals surface area contributed by atoms with Gasteiger partial charge in [0, 0.05) is 36.7 Å². The fourth-order valence-electron chi connectivity index (χ4n) is 3.67. The third-order valence-corrected chi connectivity index (χ3v) is 6.58. The molecule has 1 atom stereocenters. The number of nitrogens with one attached hydrogen (secondary N) is 2. The van der Waals surface area contributed by atoms with Gasteiger partial charge < -0.3 is 20.3 Å². The Morgan fingerprint density at radius 3 is 2.68 bits per heavy atom. The highest BCUT2D eigenvalue weighted by atomic mass is 35.5. The quantitative estimate of drug-likeness (QED) is 0.519. The second-order valence-corrected chi connectivity index (χ2v) is 9.49. The van der Waals surface area contributed by atoms with E-state index in [4.69, 9.17) is 16.3 Å². The number of aromatic nitrogens is 1. The van der Waals surface area contributed by atoms with Gasteiger partial charge in [-0.3, -0.25) is 19.4 Å². The molecule has 8 nitrogen and oxygen atoms in total. The summed E-state index contributed by atoms with van der Waals surface area (Å²) < 4.78 is 5.69. The van der Waals surface area contributed by atoms with Crippen molar-refractivity contribution in [3.63, 3.8) is 0 Å². The molecule has 0 spiro atoms. The Labute approximate surface area is 205 Å². The molecule has 2 aromatic heterocycles. The molecule has 4 rings (SSSR count). The summed E-state index contributed by atoms with van der Waals surface area (Å²) in [7, 11) is 0. The number of amides is 3. The molecule has 0 saturated carbocycles. The Kier molecular flexibility index (Phi) is 7.56. The molecule has 1 saturated heterocycles. The van der Waals surface area contributed by atoms with Gasteiger partial charge in [-0.1, -0.05) is 11.6 Å². The number of carbonyl (C=O) groups excluding carboxylic acids is 3. The first kappa shape index (κ1) is 23.9. The zero-order valence-electron chi connectivity index (χ0n) is 18.4. The molecule has 1 aliphatic rings. The van der Waals surface area contributed by atoms with Gasteiger partial charge in [-0.05, 0) is 60.5 Å². The first-order valence-corrected chi connectivity index (χ1v) is 11.8. The lowest BCUT2D eigenvalue weighted by Gasteiger charge is -2.28. The van der Waals surface area contributed by atoms with Crippen molar-refractivity contribution in [2.24, 2.45) is 0 Å². The molecule has 176 valence electrons. The fraction of sp³-hybridized carbons (Fsp3) is 0.250. The van der Waals surface area contributed by atoms with Crippen molar-refractivity contribution >= 4 is 52.0 Å². The van der Waals surface area contributed by atoms with Crippen molar-refractivity contribution in [3.05, 3.63) is 75.2 Å². The molecule has 10 heteroatoms. The summed E-state index contributed by atoms with van der Waals surface area (Å²) in [5, 5.41) is 5.70. The summed E-state index contributed by atoms with van der Waals surface area (Å²) in [6.07, 6.45) is 3.57. The predicted molar refractivity (Wildman–Crippen MR) is 132 cm³/mol. The Morgan fingerprint density at radius 2 is 2.00 bits per heavy atom. The lowest BCUT2D eigenvalue weighted by molar-refractivity contribution is -0.125. The maximum atomic E-state index is 13.2. The highest BCUT2D eigenvalue weighted by Crippen LogP contribution is 2.25. The van der Waals surface area contributed by atoms with Gasteiger partial charge in [-0.2, -0.15) is 0 Å². The maximum absolute atomic E-state index is 13.2. The number of pyridine rings is 1. The topological polar surface area (TPSA) is 101 Å². The molecule has 1 unspecified atom stereocenters. The van der Waals surface area contributed by atoms with Gasteiger partial charge in [0.25, 0.3) is 11.8 Å². The van der Waals surface area contributed by atoms with Crippen LogP contribution in [0.15, 0.2) is 54.9 Å². The fourth-order valence-corrected chi connectivity index (χ4v) is 4.61. The molecule has 0 aliphatic carbocycles. The van der Waals surface area contributed by atoms with Crippen LogP contribution in [0.25, 0.3) is 0 Å². The number of hydrogen-bond donors (Lipinski definition) is 2. The van der Waals surface area contributed by atoms with Crippen molar-refractivity contribution in [1.82, 2.24) is 10.3 Å². The smallest absolute Gasteiger partial charge is 0.262 e. The SMILES string of the molecule is Cc1cc(NC(=O)C(Cc2ccncc2)NC(=O)c2ccc(Cl)s2)ccc1N1CCOCC1=O. The van der Waals surface area contributed by atoms with Crippen LogP contribution in [0.2, 0.25) is 4.34 Å². The lowest BCUT2D eigenvalue weighted by Crippen LogP contribution is -2.45. The number of ether oxygens (including phenoxy) is 1. The van der Waals surface area contributed by atoms with Crippen molar-refractivity contribution in [1.29, 1.82) is 0 Å². The second-order valence-electron chi connectivity index (χ2n) is 7.78. The molecule has 3 aromatic rings. The zero-order valence-corrected chi connectivity index (χ0v) is 20.0. The number of halogens is 1. The van der Waals surface area contributed by atoms with Crippen molar-refractivity contribution < 1.29 is 19.1 Å². The minimum Gasteiger partial charge on any atom is -0.370 e. The van der Waals surface area contributed by atoms with Crippen LogP contribution < -0.4 is 15.5 Å². The highest BCUT2D eigenvalue weighted by molar-refractivity contribution is 7.18. The van der Waals surface area contributed by atoms with Crippen LogP contribution >= 0.6 is 22.9 Å². The minimum absolute atomic E-state index is 0.0593. The Hall–Kier alpha value is -3.27. The van der Waals surface area contributed by atoms with Crippen LogP contribution in [0.1, 0.15) is 20.8 Å². The number of nitrogens with zero attached hydrogens (tertiary/aromatic N) is 2. The molecule has 2 N–H and O–H groups in total. The summed E-state index contributed by atoms with van der Waals surface area (Å²) >= 11 is 7.10. The third-order valence-electron chi connectivity index (χ3n) is 5.35. The number of hydrogen-bond acceptors (Lipinski definition) is 6. The molecule has 1 fully saturated rings. The second kappa shape index (κ2) is 10.8. The van der Waals surface area contributed by atoms with Gasteiger partial charge >= 0.3 is 0 Å². The van der Waals surface area contributed by atoms with Crippen LogP contribution in [0.5, 0.6) is 0 Å². The molecule has 0 radical (unpaired) electrons. The Bertz CT molecular complexity index is 1200. The van der Waals surface area contributed by atoms with Crippen LogP contribution in [-0.2, 0) is 20.7 Å². The molecule has 1 aliphatic heterocycles. The lowest BCUT2D eigenvalue weighted by atomic mass is 10.1. The van der Waals surface area contributed by atoms with Crippen LogP contribution in [0.4, 0.5) is 11.4 Å². The summed E-state index contributed by atoms with van der Waals surface area (Å²) in [5.74, 6) is -0.828. The van der Waals surface area contributed by atoms with Gasteiger partial charge in [0.2, 0.25) is 5.91 Å². The maximum Gasteiger partial charge on any atom is 0.262 e. The third kappa shape index (κ3) is 5.80. The Balaban J connectivity index is 1.50. The van der Waals surface area contributed by atoms with Crippen LogP contribution in [-0.4, -0.2) is 48.5 Å². The molecule has 1 aromatic carbocycles. The Morgan fingerprint density at radius 1 is 1.21 bits per heavy atom. The highest BCUT2D eigenvalue weighted by Gasteiger charge is 2.24. The average molecular weight is 499 g/mol. The molecule has 0 bridgehead atoms. The number of thiophene rings is 1. The van der Waals surface area contributed by atoms with Crippen LogP contribution in [0, 0.1) is 6.92 Å². The molecule has 34 heavy (non-hydrogen) atoms. The summed E-state index contributed by atoms with van der Waals surface area (Å²) in [4.78, 5) is 44.2. The van der Waals surface area contributed by atoms with Gasteiger partial charge in [-0.15, -0.1) is 11.3 Å². The summed E-state index contributed by atoms with van der Waals surface area (Å²) in [6, 6.07) is 11.4. The first-order chi connectivity index (χ1) is 16.4. The summed E-state index contributed by atoms with van der Waals surface area (Å²) in [6.45, 7) is 2.90. The van der Waals surface area contributed by atoms with E-state index in [1.165, 1.54) is 0 Å². The van der Waals surface area contributed by atoms with E-state index in [0.717, 1.165) is 28.2 Å². The summed E-state index contributed by atoms with van der Waals surface area (Å²) in [5.41, 5.74) is 3.05. The normalized spacial score (nSPS) is 14.5. The van der Waals surface area contributed by atoms with E-state index < -0.39 is 6.04 Å². The standard InChI is InChI=1S/C24H23ClN4O4S/c1-15-12-17(2-3-19(15)29-10-11-33-14-22(29)30)27-23(31)18(13-16-6-8-26-9-7-16)28-24(32)20-4-5-21(25)34-20/h2-9,12,18H,10-11,13-14H2,1H3,(H,27,31)(H,28,32). The molecular formula is C24H23ClN4O4S. The van der Waals surface area contributed by atoms with Crippen LogP contribution in [0.3, 0.4) is 0 Å². The van der Waals surface area contributed by atoms with E-state index in [-0.39, 0.29) is 24.3 Å². The monoisotopic (exact) mass is 498 g/mol. The molecular weight excluding hydrogens is 476 g/mol. The number of aryl methyl sites for hydroxylation is 1. The predicted octanol–water partition coefficient (Wildman–Crippen LogP) is 3.45. The minimum atomic E-state index is -0.823. The number of benzene rings is 1. The van der Waals surface area contributed by atoms with Crippen molar-refractivity contribution in [3.8, 4) is 0 Å². The van der Waals surface area contributed by atoms with Gasteiger partial charge in [0.05, 0.1) is 15.8 Å². The van der Waals surface area contributed by atoms with Crippen molar-refractivity contribution in [2.75, 3.05) is 30.0 Å². The van der Waals surface area contributed by atoms with Crippen molar-refractivity contribution in [2.45, 2.75) is 19.4 Å². The number of rotatable bonds is 7. The molecule has 3 heterocycles. The largest absolute Gasteiger partial charge is 0.370 e. The van der Waals surface area contributed by atoms with E-state index in [0.29, 0.717) is 34.5 Å². The van der Waals surface area contributed by atoms with Gasteiger partial charge in [0.15, 0.2) is 0 Å². The number of carbonyl (C=O) groups is 3. The van der Waals surface area contributed by atoms with E-state index in [2.05, 4.69) is 15.6 Å². The number of morpholine rings is 1.